The Morgan fingerprint density at radius 1 is 1.21 bits per heavy atom. The van der Waals surface area contributed by atoms with Crippen molar-refractivity contribution in [2.75, 3.05) is 11.9 Å². The van der Waals surface area contributed by atoms with Gasteiger partial charge in [0.15, 0.2) is 5.82 Å². The maximum absolute atomic E-state index is 4.60. The number of hydrogen-bond acceptors (Lipinski definition) is 6. The summed E-state index contributed by atoms with van der Waals surface area (Å²) < 4.78 is 4.60. The van der Waals surface area contributed by atoms with Crippen LogP contribution < -0.4 is 5.32 Å². The van der Waals surface area contributed by atoms with Crippen LogP contribution in [0, 0.1) is 0 Å². The van der Waals surface area contributed by atoms with Crippen LogP contribution in [0.3, 0.4) is 0 Å². The van der Waals surface area contributed by atoms with Gasteiger partial charge in [-0.25, -0.2) is 9.97 Å². The molecule has 2 aromatic heterocycles. The summed E-state index contributed by atoms with van der Waals surface area (Å²) in [6.07, 6.45) is 5.37. The standard InChI is InChI=1S/C8H9N5O/c1-3-9-8(10-4-1)11-5-2-7-12-6-14-13-7/h1,3-4,6H,2,5H2,(H,9,10,11). The predicted octanol–water partition coefficient (Wildman–Crippen LogP) is 0.514. The zero-order valence-corrected chi connectivity index (χ0v) is 7.42. The molecule has 0 fully saturated rings. The van der Waals surface area contributed by atoms with Crippen LogP contribution in [0.5, 0.6) is 0 Å². The minimum absolute atomic E-state index is 0.607. The largest absolute Gasteiger partial charge is 0.354 e. The topological polar surface area (TPSA) is 76.7 Å². The van der Waals surface area contributed by atoms with Gasteiger partial charge in [0.1, 0.15) is 0 Å². The van der Waals surface area contributed by atoms with E-state index in [1.54, 1.807) is 18.5 Å². The van der Waals surface area contributed by atoms with E-state index in [1.807, 2.05) is 0 Å². The van der Waals surface area contributed by atoms with Crippen molar-refractivity contribution in [1.82, 2.24) is 20.1 Å². The molecule has 72 valence electrons. The van der Waals surface area contributed by atoms with Crippen molar-refractivity contribution >= 4 is 5.95 Å². The van der Waals surface area contributed by atoms with E-state index in [0.29, 0.717) is 24.7 Å². The lowest BCUT2D eigenvalue weighted by Gasteiger charge is -2.00. The van der Waals surface area contributed by atoms with Crippen molar-refractivity contribution in [3.8, 4) is 0 Å². The first-order valence-corrected chi connectivity index (χ1v) is 4.21. The van der Waals surface area contributed by atoms with Gasteiger partial charge in [-0.05, 0) is 6.07 Å². The van der Waals surface area contributed by atoms with Crippen LogP contribution in [-0.4, -0.2) is 26.7 Å². The SMILES string of the molecule is c1cnc(NCCc2ncon2)nc1. The third-order valence-corrected chi connectivity index (χ3v) is 1.60. The fraction of sp³-hybridized carbons (Fsp3) is 0.250. The van der Waals surface area contributed by atoms with Gasteiger partial charge in [-0.1, -0.05) is 5.16 Å². The first-order valence-electron chi connectivity index (χ1n) is 4.21. The summed E-state index contributed by atoms with van der Waals surface area (Å²) in [5, 5.41) is 6.72. The summed E-state index contributed by atoms with van der Waals surface area (Å²) >= 11 is 0. The average Bonchev–Trinajstić information content (AvgIpc) is 2.72. The molecule has 1 N–H and O–H groups in total. The lowest BCUT2D eigenvalue weighted by Crippen LogP contribution is -2.08. The molecule has 0 atom stereocenters. The Morgan fingerprint density at radius 3 is 2.79 bits per heavy atom. The molecule has 0 saturated carbocycles. The van der Waals surface area contributed by atoms with Crippen molar-refractivity contribution in [1.29, 1.82) is 0 Å². The molecule has 0 spiro atoms. The molecule has 2 aromatic rings. The van der Waals surface area contributed by atoms with Gasteiger partial charge in [0.2, 0.25) is 12.3 Å². The zero-order valence-electron chi connectivity index (χ0n) is 7.42. The Morgan fingerprint density at radius 2 is 2.07 bits per heavy atom. The van der Waals surface area contributed by atoms with E-state index < -0.39 is 0 Å². The van der Waals surface area contributed by atoms with Crippen molar-refractivity contribution < 1.29 is 4.52 Å². The van der Waals surface area contributed by atoms with E-state index in [4.69, 9.17) is 0 Å². The predicted molar refractivity (Wildman–Crippen MR) is 48.5 cm³/mol. The number of aromatic nitrogens is 4. The van der Waals surface area contributed by atoms with Crippen molar-refractivity contribution in [2.24, 2.45) is 0 Å². The minimum atomic E-state index is 0.607. The summed E-state index contributed by atoms with van der Waals surface area (Å²) in [4.78, 5) is 11.9. The normalized spacial score (nSPS) is 10.0. The second-order valence-corrected chi connectivity index (χ2v) is 2.60. The first kappa shape index (κ1) is 8.61. The van der Waals surface area contributed by atoms with Gasteiger partial charge in [-0.15, -0.1) is 0 Å². The van der Waals surface area contributed by atoms with Gasteiger partial charge < -0.3 is 9.84 Å². The van der Waals surface area contributed by atoms with Crippen LogP contribution in [0.25, 0.3) is 0 Å². The number of rotatable bonds is 4. The number of nitrogens with one attached hydrogen (secondary N) is 1. The van der Waals surface area contributed by atoms with Crippen LogP contribution in [-0.2, 0) is 6.42 Å². The van der Waals surface area contributed by atoms with E-state index >= 15 is 0 Å². The summed E-state index contributed by atoms with van der Waals surface area (Å²) in [6.45, 7) is 0.684. The van der Waals surface area contributed by atoms with Crippen molar-refractivity contribution in [3.63, 3.8) is 0 Å². The molecule has 6 nitrogen and oxygen atoms in total. The van der Waals surface area contributed by atoms with Crippen molar-refractivity contribution in [3.05, 3.63) is 30.7 Å². The van der Waals surface area contributed by atoms with Crippen LogP contribution in [0.4, 0.5) is 5.95 Å². The molecule has 0 aliphatic carbocycles. The molecule has 0 amide bonds. The molecule has 6 heteroatoms. The fourth-order valence-corrected chi connectivity index (χ4v) is 0.979. The molecular weight excluding hydrogens is 182 g/mol. The lowest BCUT2D eigenvalue weighted by molar-refractivity contribution is 0.410. The van der Waals surface area contributed by atoms with E-state index in [0.717, 1.165) is 0 Å². The molecule has 0 aliphatic heterocycles. The van der Waals surface area contributed by atoms with Gasteiger partial charge in [0, 0.05) is 25.4 Å². The van der Waals surface area contributed by atoms with Crippen molar-refractivity contribution in [2.45, 2.75) is 6.42 Å². The average molecular weight is 191 g/mol. The van der Waals surface area contributed by atoms with Gasteiger partial charge >= 0.3 is 0 Å². The molecule has 14 heavy (non-hydrogen) atoms. The number of nitrogens with zero attached hydrogens (tertiary/aromatic N) is 4. The van der Waals surface area contributed by atoms with Crippen LogP contribution in [0.15, 0.2) is 29.4 Å². The zero-order chi connectivity index (χ0) is 9.64. The quantitative estimate of drug-likeness (QED) is 0.758. The van der Waals surface area contributed by atoms with Gasteiger partial charge in [-0.3, -0.25) is 0 Å². The Hall–Kier alpha value is -1.98. The third kappa shape index (κ3) is 2.25. The number of hydrogen-bond donors (Lipinski definition) is 1. The summed E-state index contributed by atoms with van der Waals surface area (Å²) in [7, 11) is 0. The Bertz CT molecular complexity index is 360. The maximum Gasteiger partial charge on any atom is 0.222 e. The molecule has 0 bridgehead atoms. The highest BCUT2D eigenvalue weighted by Crippen LogP contribution is 1.95. The Kier molecular flexibility index (Phi) is 2.65. The van der Waals surface area contributed by atoms with Crippen LogP contribution in [0.1, 0.15) is 5.82 Å². The summed E-state index contributed by atoms with van der Waals surface area (Å²) in [5.41, 5.74) is 0. The van der Waals surface area contributed by atoms with E-state index in [1.165, 1.54) is 6.39 Å². The van der Waals surface area contributed by atoms with Crippen LogP contribution >= 0.6 is 0 Å². The second-order valence-electron chi connectivity index (χ2n) is 2.60. The van der Waals surface area contributed by atoms with Crippen LogP contribution in [0.2, 0.25) is 0 Å². The highest BCUT2D eigenvalue weighted by atomic mass is 16.5. The van der Waals surface area contributed by atoms with E-state index in [9.17, 15) is 0 Å². The molecule has 0 aromatic carbocycles. The monoisotopic (exact) mass is 191 g/mol. The molecule has 0 aliphatic rings. The minimum Gasteiger partial charge on any atom is -0.354 e. The molecular formula is C8H9N5O. The van der Waals surface area contributed by atoms with Gasteiger partial charge in [0.05, 0.1) is 0 Å². The lowest BCUT2D eigenvalue weighted by atomic mass is 10.4. The summed E-state index contributed by atoms with van der Waals surface area (Å²) in [5.74, 6) is 1.28. The highest BCUT2D eigenvalue weighted by molar-refractivity contribution is 5.21. The molecule has 0 radical (unpaired) electrons. The number of anilines is 1. The fourth-order valence-electron chi connectivity index (χ4n) is 0.979. The van der Waals surface area contributed by atoms with Gasteiger partial charge in [0.25, 0.3) is 0 Å². The molecule has 2 rings (SSSR count). The highest BCUT2D eigenvalue weighted by Gasteiger charge is 1.98. The maximum atomic E-state index is 4.60. The van der Waals surface area contributed by atoms with E-state index in [2.05, 4.69) is 29.9 Å². The van der Waals surface area contributed by atoms with Gasteiger partial charge in [-0.2, -0.15) is 4.98 Å². The molecule has 0 saturated heterocycles. The molecule has 0 unspecified atom stereocenters. The smallest absolute Gasteiger partial charge is 0.222 e. The summed E-state index contributed by atoms with van der Waals surface area (Å²) in [6, 6.07) is 1.77. The third-order valence-electron chi connectivity index (χ3n) is 1.60. The molecule has 2 heterocycles. The Balaban J connectivity index is 1.79. The van der Waals surface area contributed by atoms with E-state index in [-0.39, 0.29) is 0 Å². The second kappa shape index (κ2) is 4.31. The first-order chi connectivity index (χ1) is 6.95. The Labute approximate surface area is 80.4 Å².